The fourth-order valence-corrected chi connectivity index (χ4v) is 1.49. The third-order valence-electron chi connectivity index (χ3n) is 2.33. The molecule has 0 spiro atoms. The number of carbonyl (C=O) groups excluding carboxylic acids is 2. The van der Waals surface area contributed by atoms with Crippen molar-refractivity contribution in [3.05, 3.63) is 24.3 Å². The highest BCUT2D eigenvalue weighted by atomic mass is 16.3. The Bertz CT molecular complexity index is 434. The number of rotatable bonds is 4. The van der Waals surface area contributed by atoms with Crippen molar-refractivity contribution in [2.75, 3.05) is 24.5 Å². The number of nitrogens with one attached hydrogen (secondary N) is 1. The van der Waals surface area contributed by atoms with E-state index in [1.165, 1.54) is 17.0 Å². The van der Waals surface area contributed by atoms with Gasteiger partial charge in [0.1, 0.15) is 5.75 Å². The van der Waals surface area contributed by atoms with Gasteiger partial charge in [0.05, 0.1) is 0 Å². The van der Waals surface area contributed by atoms with Crippen LogP contribution in [-0.2, 0) is 9.59 Å². The molecule has 0 aromatic heterocycles. The molecule has 0 fully saturated rings. The van der Waals surface area contributed by atoms with Crippen LogP contribution in [0.5, 0.6) is 5.75 Å². The van der Waals surface area contributed by atoms with Crippen molar-refractivity contribution in [2.45, 2.75) is 6.92 Å². The van der Waals surface area contributed by atoms with Crippen molar-refractivity contribution in [3.63, 3.8) is 0 Å². The molecule has 4 N–H and O–H groups in total. The summed E-state index contributed by atoms with van der Waals surface area (Å²) in [4.78, 5) is 24.7. The van der Waals surface area contributed by atoms with Gasteiger partial charge in [0, 0.05) is 31.4 Å². The number of hydrogen-bond donors (Lipinski definition) is 3. The van der Waals surface area contributed by atoms with Crippen molar-refractivity contribution in [3.8, 4) is 5.75 Å². The third kappa shape index (κ3) is 3.46. The monoisotopic (exact) mass is 251 g/mol. The minimum absolute atomic E-state index is 0.0427. The normalized spacial score (nSPS) is 9.89. The molecule has 0 saturated heterocycles. The van der Waals surface area contributed by atoms with E-state index in [0.717, 1.165) is 0 Å². The Morgan fingerprint density at radius 1 is 1.44 bits per heavy atom. The minimum Gasteiger partial charge on any atom is -0.508 e. The Labute approximate surface area is 105 Å². The van der Waals surface area contributed by atoms with Crippen LogP contribution in [0, 0.1) is 0 Å². The second-order valence-electron chi connectivity index (χ2n) is 3.61. The molecule has 0 radical (unpaired) electrons. The van der Waals surface area contributed by atoms with E-state index in [9.17, 15) is 14.7 Å². The largest absolute Gasteiger partial charge is 0.508 e. The molecule has 1 aromatic carbocycles. The predicted octanol–water partition coefficient (Wildman–Crippen LogP) is -0.180. The summed E-state index contributed by atoms with van der Waals surface area (Å²) in [6, 6.07) is 6.18. The summed E-state index contributed by atoms with van der Waals surface area (Å²) < 4.78 is 0. The lowest BCUT2D eigenvalue weighted by Gasteiger charge is -2.20. The molecule has 2 amide bonds. The first-order chi connectivity index (χ1) is 8.60. The van der Waals surface area contributed by atoms with E-state index in [2.05, 4.69) is 5.32 Å². The number of nitrogens with zero attached hydrogens (tertiary/aromatic N) is 1. The number of phenols is 1. The average molecular weight is 251 g/mol. The van der Waals surface area contributed by atoms with Crippen LogP contribution in [-0.4, -0.2) is 36.6 Å². The van der Waals surface area contributed by atoms with Gasteiger partial charge in [0.2, 0.25) is 0 Å². The van der Waals surface area contributed by atoms with Crippen LogP contribution >= 0.6 is 0 Å². The zero-order chi connectivity index (χ0) is 13.5. The maximum Gasteiger partial charge on any atom is 0.316 e. The lowest BCUT2D eigenvalue weighted by Crippen LogP contribution is -2.44. The first kappa shape index (κ1) is 14.0. The summed E-state index contributed by atoms with van der Waals surface area (Å²) in [6.45, 7) is 2.61. The fourth-order valence-electron chi connectivity index (χ4n) is 1.49. The number of amides is 2. The van der Waals surface area contributed by atoms with Crippen molar-refractivity contribution >= 4 is 17.5 Å². The maximum atomic E-state index is 11.9. The highest BCUT2D eigenvalue weighted by molar-refractivity contribution is 6.40. The lowest BCUT2D eigenvalue weighted by molar-refractivity contribution is -0.137. The van der Waals surface area contributed by atoms with Crippen molar-refractivity contribution in [2.24, 2.45) is 5.73 Å². The van der Waals surface area contributed by atoms with E-state index >= 15 is 0 Å². The predicted molar refractivity (Wildman–Crippen MR) is 68.2 cm³/mol. The van der Waals surface area contributed by atoms with Crippen LogP contribution < -0.4 is 16.0 Å². The van der Waals surface area contributed by atoms with Crippen LogP contribution in [0.15, 0.2) is 24.3 Å². The third-order valence-corrected chi connectivity index (χ3v) is 2.33. The molecule has 0 aliphatic heterocycles. The first-order valence-electron chi connectivity index (χ1n) is 5.69. The lowest BCUT2D eigenvalue weighted by atomic mass is 10.2. The molecular formula is C12H17N3O3. The summed E-state index contributed by atoms with van der Waals surface area (Å²) >= 11 is 0. The van der Waals surface area contributed by atoms with E-state index in [-0.39, 0.29) is 18.8 Å². The molecule has 0 bridgehead atoms. The smallest absolute Gasteiger partial charge is 0.316 e. The maximum absolute atomic E-state index is 11.9. The number of benzene rings is 1. The quantitative estimate of drug-likeness (QED) is 0.647. The molecule has 1 aromatic rings. The Kier molecular flexibility index (Phi) is 5.13. The van der Waals surface area contributed by atoms with Gasteiger partial charge in [-0.15, -0.1) is 0 Å². The summed E-state index contributed by atoms with van der Waals surface area (Å²) in [5.41, 5.74) is 5.72. The number of likely N-dealkylation sites (N-methyl/N-ethyl adjacent to an activating group) is 1. The van der Waals surface area contributed by atoms with Gasteiger partial charge in [-0.05, 0) is 19.1 Å². The number of aromatic hydroxyl groups is 1. The highest BCUT2D eigenvalue weighted by Gasteiger charge is 2.21. The summed E-state index contributed by atoms with van der Waals surface area (Å²) in [6.07, 6.45) is 0. The number of nitrogens with two attached hydrogens (primary N) is 1. The minimum atomic E-state index is -0.703. The molecule has 6 heteroatoms. The molecule has 0 saturated carbocycles. The summed E-state index contributed by atoms with van der Waals surface area (Å²) in [7, 11) is 0. The van der Waals surface area contributed by atoms with Crippen LogP contribution in [0.2, 0.25) is 0 Å². The number of carbonyl (C=O) groups is 2. The molecule has 0 heterocycles. The standard InChI is InChI=1S/C12H17N3O3/c1-2-15(9-4-3-5-10(16)8-9)12(18)11(17)14-7-6-13/h3-5,8,16H,2,6-7,13H2,1H3,(H,14,17). The number of phenolic OH excluding ortho intramolecular Hbond substituents is 1. The molecule has 0 atom stereocenters. The molecule has 0 aliphatic rings. The highest BCUT2D eigenvalue weighted by Crippen LogP contribution is 2.19. The van der Waals surface area contributed by atoms with Gasteiger partial charge in [-0.25, -0.2) is 0 Å². The molecular weight excluding hydrogens is 234 g/mol. The Morgan fingerprint density at radius 3 is 2.72 bits per heavy atom. The Balaban J connectivity index is 2.83. The van der Waals surface area contributed by atoms with E-state index < -0.39 is 11.8 Å². The molecule has 98 valence electrons. The van der Waals surface area contributed by atoms with Crippen molar-refractivity contribution in [1.82, 2.24) is 5.32 Å². The SMILES string of the molecule is CCN(C(=O)C(=O)NCCN)c1cccc(O)c1. The van der Waals surface area contributed by atoms with Crippen LogP contribution in [0.3, 0.4) is 0 Å². The summed E-state index contributed by atoms with van der Waals surface area (Å²) in [5, 5.41) is 11.8. The van der Waals surface area contributed by atoms with E-state index in [0.29, 0.717) is 12.2 Å². The molecule has 6 nitrogen and oxygen atoms in total. The van der Waals surface area contributed by atoms with Crippen LogP contribution in [0.1, 0.15) is 6.92 Å². The second-order valence-corrected chi connectivity index (χ2v) is 3.61. The molecule has 1 rings (SSSR count). The van der Waals surface area contributed by atoms with Crippen molar-refractivity contribution in [1.29, 1.82) is 0 Å². The van der Waals surface area contributed by atoms with Gasteiger partial charge >= 0.3 is 11.8 Å². The number of hydrogen-bond acceptors (Lipinski definition) is 4. The topological polar surface area (TPSA) is 95.7 Å². The Hall–Kier alpha value is -2.08. The second kappa shape index (κ2) is 6.61. The van der Waals surface area contributed by atoms with E-state index in [1.54, 1.807) is 19.1 Å². The van der Waals surface area contributed by atoms with Gasteiger partial charge in [0.15, 0.2) is 0 Å². The zero-order valence-corrected chi connectivity index (χ0v) is 10.2. The first-order valence-corrected chi connectivity index (χ1v) is 5.69. The fraction of sp³-hybridized carbons (Fsp3) is 0.333. The number of anilines is 1. The van der Waals surface area contributed by atoms with Gasteiger partial charge in [-0.3, -0.25) is 9.59 Å². The van der Waals surface area contributed by atoms with E-state index in [1.807, 2.05) is 0 Å². The van der Waals surface area contributed by atoms with Crippen LogP contribution in [0.4, 0.5) is 5.69 Å². The van der Waals surface area contributed by atoms with Crippen molar-refractivity contribution < 1.29 is 14.7 Å². The van der Waals surface area contributed by atoms with Gasteiger partial charge in [-0.2, -0.15) is 0 Å². The van der Waals surface area contributed by atoms with Gasteiger partial charge < -0.3 is 21.1 Å². The van der Waals surface area contributed by atoms with Gasteiger partial charge in [0.25, 0.3) is 0 Å². The van der Waals surface area contributed by atoms with Crippen LogP contribution in [0.25, 0.3) is 0 Å². The zero-order valence-electron chi connectivity index (χ0n) is 10.2. The summed E-state index contributed by atoms with van der Waals surface area (Å²) in [5.74, 6) is -1.33. The Morgan fingerprint density at radius 2 is 2.17 bits per heavy atom. The molecule has 0 unspecified atom stereocenters. The average Bonchev–Trinajstić information content (AvgIpc) is 2.36. The molecule has 0 aliphatic carbocycles. The molecule has 18 heavy (non-hydrogen) atoms. The van der Waals surface area contributed by atoms with E-state index in [4.69, 9.17) is 5.73 Å². The van der Waals surface area contributed by atoms with Gasteiger partial charge in [-0.1, -0.05) is 6.07 Å².